The lowest BCUT2D eigenvalue weighted by molar-refractivity contribution is 0.657. The summed E-state index contributed by atoms with van der Waals surface area (Å²) in [5.41, 5.74) is 5.90. The molecule has 0 aliphatic heterocycles. The molecule has 1 N–H and O–H groups in total. The molecular weight excluding hydrogens is 260 g/mol. The fourth-order valence-corrected chi connectivity index (χ4v) is 2.72. The zero-order chi connectivity index (χ0) is 14.8. The van der Waals surface area contributed by atoms with Crippen molar-refractivity contribution < 1.29 is 0 Å². The summed E-state index contributed by atoms with van der Waals surface area (Å²) in [6.07, 6.45) is 1.83. The summed E-state index contributed by atoms with van der Waals surface area (Å²) in [4.78, 5) is 4.36. The number of nitrogens with one attached hydrogen (secondary N) is 1. The van der Waals surface area contributed by atoms with Gasteiger partial charge in [0, 0.05) is 29.4 Å². The summed E-state index contributed by atoms with van der Waals surface area (Å²) in [7, 11) is 1.96. The number of benzene rings is 1. The van der Waals surface area contributed by atoms with Gasteiger partial charge in [-0.1, -0.05) is 12.1 Å². The Bertz CT molecular complexity index is 774. The maximum absolute atomic E-state index is 4.67. The molecule has 1 aromatic carbocycles. The smallest absolute Gasteiger partial charge is 0.0702 e. The molecule has 0 aliphatic carbocycles. The summed E-state index contributed by atoms with van der Waals surface area (Å²) in [5.74, 6) is 0. The number of fused-ring (bicyclic) bond motifs is 1. The molecule has 0 radical (unpaired) electrons. The van der Waals surface area contributed by atoms with Crippen molar-refractivity contribution in [2.45, 2.75) is 26.9 Å². The molecule has 0 fully saturated rings. The maximum Gasteiger partial charge on any atom is 0.0702 e. The van der Waals surface area contributed by atoms with E-state index in [0.29, 0.717) is 0 Å². The van der Waals surface area contributed by atoms with Gasteiger partial charge in [0.25, 0.3) is 0 Å². The predicted octanol–water partition coefficient (Wildman–Crippen LogP) is 2.82. The molecule has 2 heterocycles. The van der Waals surface area contributed by atoms with Crippen LogP contribution < -0.4 is 5.32 Å². The first-order valence-electron chi connectivity index (χ1n) is 7.20. The number of rotatable bonds is 4. The monoisotopic (exact) mass is 280 g/mol. The molecule has 3 rings (SSSR count). The van der Waals surface area contributed by atoms with E-state index in [1.807, 2.05) is 19.3 Å². The lowest BCUT2D eigenvalue weighted by Crippen LogP contribution is -2.08. The van der Waals surface area contributed by atoms with Crippen molar-refractivity contribution in [1.29, 1.82) is 0 Å². The highest BCUT2D eigenvalue weighted by atomic mass is 15.3. The molecule has 4 heteroatoms. The van der Waals surface area contributed by atoms with Crippen LogP contribution in [0, 0.1) is 13.8 Å². The van der Waals surface area contributed by atoms with E-state index in [2.05, 4.69) is 58.2 Å². The van der Waals surface area contributed by atoms with Crippen LogP contribution in [-0.2, 0) is 13.1 Å². The van der Waals surface area contributed by atoms with Crippen LogP contribution in [0.4, 0.5) is 0 Å². The summed E-state index contributed by atoms with van der Waals surface area (Å²) in [6.45, 7) is 5.86. The van der Waals surface area contributed by atoms with Crippen LogP contribution in [0.25, 0.3) is 10.9 Å². The Labute approximate surface area is 124 Å². The van der Waals surface area contributed by atoms with Crippen LogP contribution in [0.1, 0.15) is 22.5 Å². The first-order valence-corrected chi connectivity index (χ1v) is 7.20. The van der Waals surface area contributed by atoms with Gasteiger partial charge in [-0.2, -0.15) is 5.10 Å². The molecule has 0 unspecified atom stereocenters. The zero-order valence-electron chi connectivity index (χ0n) is 12.7. The largest absolute Gasteiger partial charge is 0.316 e. The van der Waals surface area contributed by atoms with E-state index in [9.17, 15) is 0 Å². The van der Waals surface area contributed by atoms with Gasteiger partial charge in [0.05, 0.1) is 17.8 Å². The molecule has 0 saturated carbocycles. The molecular formula is C17H20N4. The van der Waals surface area contributed by atoms with E-state index < -0.39 is 0 Å². The number of aryl methyl sites for hydroxylation is 1. The second kappa shape index (κ2) is 5.66. The maximum atomic E-state index is 4.67. The molecule has 0 atom stereocenters. The fraction of sp³-hybridized carbons (Fsp3) is 0.294. The van der Waals surface area contributed by atoms with Gasteiger partial charge in [-0.15, -0.1) is 0 Å². The standard InChI is InChI=1S/C17H20N4/c1-12-16(10-18-3)13(2)21(20-12)11-14-6-7-17-15(9-14)5-4-8-19-17/h4-9,18H,10-11H2,1-3H3. The number of hydrogen-bond acceptors (Lipinski definition) is 3. The van der Waals surface area contributed by atoms with Gasteiger partial charge in [-0.25, -0.2) is 0 Å². The topological polar surface area (TPSA) is 42.7 Å². The van der Waals surface area contributed by atoms with Gasteiger partial charge in [-0.3, -0.25) is 9.67 Å². The molecule has 0 saturated heterocycles. The Morgan fingerprint density at radius 1 is 1.19 bits per heavy atom. The van der Waals surface area contributed by atoms with Gasteiger partial charge >= 0.3 is 0 Å². The third-order valence-corrected chi connectivity index (χ3v) is 3.88. The highest BCUT2D eigenvalue weighted by Gasteiger charge is 2.11. The molecule has 21 heavy (non-hydrogen) atoms. The van der Waals surface area contributed by atoms with Crippen LogP contribution in [0.15, 0.2) is 36.5 Å². The summed E-state index contributed by atoms with van der Waals surface area (Å²) in [6, 6.07) is 10.5. The molecule has 108 valence electrons. The van der Waals surface area contributed by atoms with Gasteiger partial charge < -0.3 is 5.32 Å². The van der Waals surface area contributed by atoms with Crippen LogP contribution in [0.3, 0.4) is 0 Å². The quantitative estimate of drug-likeness (QED) is 0.799. The molecule has 0 spiro atoms. The Kier molecular flexibility index (Phi) is 3.71. The number of aromatic nitrogens is 3. The average Bonchev–Trinajstić information content (AvgIpc) is 2.75. The summed E-state index contributed by atoms with van der Waals surface area (Å²) >= 11 is 0. The van der Waals surface area contributed by atoms with Crippen molar-refractivity contribution in [2.75, 3.05) is 7.05 Å². The van der Waals surface area contributed by atoms with Gasteiger partial charge in [0.2, 0.25) is 0 Å². The minimum atomic E-state index is 0.793. The molecule has 0 aliphatic rings. The van der Waals surface area contributed by atoms with E-state index >= 15 is 0 Å². The Morgan fingerprint density at radius 3 is 2.86 bits per heavy atom. The second-order valence-corrected chi connectivity index (χ2v) is 5.37. The highest BCUT2D eigenvalue weighted by molar-refractivity contribution is 5.78. The molecule has 4 nitrogen and oxygen atoms in total. The lowest BCUT2D eigenvalue weighted by Gasteiger charge is -2.07. The van der Waals surface area contributed by atoms with Crippen LogP contribution in [-0.4, -0.2) is 21.8 Å². The minimum absolute atomic E-state index is 0.793. The lowest BCUT2D eigenvalue weighted by atomic mass is 10.1. The van der Waals surface area contributed by atoms with Crippen molar-refractivity contribution in [3.05, 3.63) is 59.0 Å². The molecule has 2 aromatic heterocycles. The van der Waals surface area contributed by atoms with E-state index in [0.717, 1.165) is 24.3 Å². The van der Waals surface area contributed by atoms with Crippen molar-refractivity contribution in [1.82, 2.24) is 20.1 Å². The Balaban J connectivity index is 1.93. The average molecular weight is 280 g/mol. The second-order valence-electron chi connectivity index (χ2n) is 5.37. The first kappa shape index (κ1) is 13.8. The third-order valence-electron chi connectivity index (χ3n) is 3.88. The number of hydrogen-bond donors (Lipinski definition) is 1. The van der Waals surface area contributed by atoms with Gasteiger partial charge in [-0.05, 0) is 44.7 Å². The fourth-order valence-electron chi connectivity index (χ4n) is 2.72. The Morgan fingerprint density at radius 2 is 2.05 bits per heavy atom. The van der Waals surface area contributed by atoms with Gasteiger partial charge in [0.15, 0.2) is 0 Å². The van der Waals surface area contributed by atoms with Crippen molar-refractivity contribution in [3.63, 3.8) is 0 Å². The van der Waals surface area contributed by atoms with Crippen LogP contribution >= 0.6 is 0 Å². The van der Waals surface area contributed by atoms with Crippen molar-refractivity contribution >= 4 is 10.9 Å². The Hall–Kier alpha value is -2.20. The minimum Gasteiger partial charge on any atom is -0.316 e. The predicted molar refractivity (Wildman–Crippen MR) is 85.3 cm³/mol. The van der Waals surface area contributed by atoms with E-state index in [1.54, 1.807) is 0 Å². The highest BCUT2D eigenvalue weighted by Crippen LogP contribution is 2.17. The van der Waals surface area contributed by atoms with E-state index in [1.165, 1.54) is 22.2 Å². The van der Waals surface area contributed by atoms with Crippen molar-refractivity contribution in [3.8, 4) is 0 Å². The van der Waals surface area contributed by atoms with Crippen LogP contribution in [0.5, 0.6) is 0 Å². The van der Waals surface area contributed by atoms with Crippen molar-refractivity contribution in [2.24, 2.45) is 0 Å². The molecule has 0 bridgehead atoms. The normalized spacial score (nSPS) is 11.2. The van der Waals surface area contributed by atoms with Crippen LogP contribution in [0.2, 0.25) is 0 Å². The van der Waals surface area contributed by atoms with Gasteiger partial charge in [0.1, 0.15) is 0 Å². The molecule has 0 amide bonds. The first-order chi connectivity index (χ1) is 10.2. The summed E-state index contributed by atoms with van der Waals surface area (Å²) < 4.78 is 2.08. The third kappa shape index (κ3) is 2.67. The van der Waals surface area contributed by atoms with E-state index in [4.69, 9.17) is 0 Å². The molecule has 3 aromatic rings. The zero-order valence-corrected chi connectivity index (χ0v) is 12.7. The SMILES string of the molecule is CNCc1c(C)nn(Cc2ccc3ncccc3c2)c1C. The van der Waals surface area contributed by atoms with E-state index in [-0.39, 0.29) is 0 Å². The number of pyridine rings is 1. The number of nitrogens with zero attached hydrogens (tertiary/aromatic N) is 3. The summed E-state index contributed by atoms with van der Waals surface area (Å²) in [5, 5.41) is 9.04.